The quantitative estimate of drug-likeness (QED) is 0.711. The van der Waals surface area contributed by atoms with Gasteiger partial charge in [0.2, 0.25) is 11.8 Å². The van der Waals surface area contributed by atoms with Crippen LogP contribution < -0.4 is 11.1 Å². The lowest BCUT2D eigenvalue weighted by atomic mass is 9.54. The number of nitrogens with two attached hydrogens (primary N) is 1. The van der Waals surface area contributed by atoms with E-state index in [0.29, 0.717) is 13.0 Å². The number of likely N-dealkylation sites (N-methyl/N-ethyl adjacent to an activating group) is 1. The second-order valence-electron chi connectivity index (χ2n) is 7.31. The first-order valence-corrected chi connectivity index (χ1v) is 9.02. The van der Waals surface area contributed by atoms with Gasteiger partial charge in [0.15, 0.2) is 0 Å². The van der Waals surface area contributed by atoms with E-state index in [-0.39, 0.29) is 37.5 Å². The smallest absolute Gasteiger partial charge is 0.244 e. The molecule has 0 radical (unpaired) electrons. The van der Waals surface area contributed by atoms with E-state index in [9.17, 15) is 18.4 Å². The maximum absolute atomic E-state index is 13.7. The fraction of sp³-hybridized carbons (Fsp3) is 0.579. The van der Waals surface area contributed by atoms with Crippen molar-refractivity contribution in [2.24, 2.45) is 11.1 Å². The predicted molar refractivity (Wildman–Crippen MR) is 105 cm³/mol. The maximum atomic E-state index is 13.7. The van der Waals surface area contributed by atoms with Crippen molar-refractivity contribution >= 4 is 29.9 Å². The van der Waals surface area contributed by atoms with Gasteiger partial charge in [0, 0.05) is 25.0 Å². The Balaban J connectivity index is 0.00000392. The lowest BCUT2D eigenvalue weighted by molar-refractivity contribution is -0.179. The van der Waals surface area contributed by atoms with Crippen molar-refractivity contribution in [2.45, 2.75) is 45.8 Å². The molecule has 0 spiro atoms. The number of nitrogens with one attached hydrogen (secondary N) is 1. The van der Waals surface area contributed by atoms with E-state index in [0.717, 1.165) is 12.1 Å². The number of halogens is 3. The molecule has 28 heavy (non-hydrogen) atoms. The summed E-state index contributed by atoms with van der Waals surface area (Å²) in [7, 11) is 0. The Kier molecular flexibility index (Phi) is 7.93. The van der Waals surface area contributed by atoms with Gasteiger partial charge in [0.25, 0.3) is 0 Å². The van der Waals surface area contributed by atoms with E-state index < -0.39 is 34.2 Å². The molecule has 1 saturated carbocycles. The van der Waals surface area contributed by atoms with Crippen LogP contribution in [0.4, 0.5) is 14.5 Å². The molecule has 0 aliphatic heterocycles. The predicted octanol–water partition coefficient (Wildman–Crippen LogP) is 2.71. The second kappa shape index (κ2) is 9.15. The molecule has 1 aliphatic rings. The van der Waals surface area contributed by atoms with Crippen molar-refractivity contribution in [1.29, 1.82) is 0 Å². The van der Waals surface area contributed by atoms with E-state index in [4.69, 9.17) is 10.5 Å². The van der Waals surface area contributed by atoms with Gasteiger partial charge in [-0.3, -0.25) is 9.59 Å². The fourth-order valence-electron chi connectivity index (χ4n) is 3.38. The summed E-state index contributed by atoms with van der Waals surface area (Å²) in [5, 5.41) is 2.19. The summed E-state index contributed by atoms with van der Waals surface area (Å²) in [6.07, 6.45) is 0.212. The van der Waals surface area contributed by atoms with Gasteiger partial charge in [-0.05, 0) is 26.0 Å². The molecule has 2 atom stereocenters. The average molecular weight is 420 g/mol. The van der Waals surface area contributed by atoms with Gasteiger partial charge in [0.05, 0.1) is 12.6 Å². The normalized spacial score (nSPS) is 22.6. The number of benzene rings is 1. The molecule has 9 heteroatoms. The van der Waals surface area contributed by atoms with Crippen LogP contribution in [-0.2, 0) is 14.3 Å². The Bertz CT molecular complexity index is 712. The molecule has 3 N–H and O–H groups in total. The number of hydrogen-bond acceptors (Lipinski definition) is 4. The minimum atomic E-state index is -1.16. The minimum absolute atomic E-state index is 0. The third kappa shape index (κ3) is 4.29. The molecular formula is C19H28ClF2N3O3. The van der Waals surface area contributed by atoms with Crippen LogP contribution in [0.2, 0.25) is 0 Å². The molecule has 2 amide bonds. The molecular weight excluding hydrogens is 392 g/mol. The Morgan fingerprint density at radius 3 is 2.32 bits per heavy atom. The van der Waals surface area contributed by atoms with E-state index in [2.05, 4.69) is 5.32 Å². The Morgan fingerprint density at radius 2 is 1.86 bits per heavy atom. The van der Waals surface area contributed by atoms with Crippen molar-refractivity contribution in [3.63, 3.8) is 0 Å². The van der Waals surface area contributed by atoms with E-state index >= 15 is 0 Å². The van der Waals surface area contributed by atoms with Gasteiger partial charge in [0.1, 0.15) is 22.9 Å². The average Bonchev–Trinajstić information content (AvgIpc) is 2.62. The van der Waals surface area contributed by atoms with Crippen LogP contribution in [0, 0.1) is 17.0 Å². The highest BCUT2D eigenvalue weighted by Crippen LogP contribution is 2.50. The molecule has 0 aromatic heterocycles. The van der Waals surface area contributed by atoms with E-state index in [1.54, 1.807) is 6.92 Å². The van der Waals surface area contributed by atoms with Gasteiger partial charge in [-0.2, -0.15) is 0 Å². The summed E-state index contributed by atoms with van der Waals surface area (Å²) < 4.78 is 33.0. The van der Waals surface area contributed by atoms with Crippen LogP contribution in [-0.4, -0.2) is 48.1 Å². The van der Waals surface area contributed by atoms with Crippen molar-refractivity contribution < 1.29 is 23.1 Å². The molecule has 1 aromatic carbocycles. The summed E-state index contributed by atoms with van der Waals surface area (Å²) in [6, 6.07) is 3.29. The van der Waals surface area contributed by atoms with Crippen LogP contribution in [0.25, 0.3) is 0 Å². The lowest BCUT2D eigenvalue weighted by Gasteiger charge is -2.58. The van der Waals surface area contributed by atoms with Crippen molar-refractivity contribution in [2.75, 3.05) is 25.0 Å². The van der Waals surface area contributed by atoms with E-state index in [1.807, 2.05) is 20.8 Å². The molecule has 1 aromatic rings. The summed E-state index contributed by atoms with van der Waals surface area (Å²) in [5.74, 6) is -2.84. The van der Waals surface area contributed by atoms with Gasteiger partial charge in [-0.25, -0.2) is 8.78 Å². The summed E-state index contributed by atoms with van der Waals surface area (Å²) in [6.45, 7) is 7.71. The SMILES string of the molecule is CCOC1CC(N)(C(=O)N(CC)CC(=O)Nc2c(F)cccc2F)C1(C)C.Cl. The first kappa shape index (κ1) is 24.3. The van der Waals surface area contributed by atoms with Crippen LogP contribution in [0.3, 0.4) is 0 Å². The Hall–Kier alpha value is -1.77. The number of carbonyl (C=O) groups is 2. The summed E-state index contributed by atoms with van der Waals surface area (Å²) in [4.78, 5) is 26.5. The Labute approximate surface area is 170 Å². The number of hydrogen-bond donors (Lipinski definition) is 2. The van der Waals surface area contributed by atoms with Crippen LogP contribution >= 0.6 is 12.4 Å². The number of para-hydroxylation sites is 1. The summed E-state index contributed by atoms with van der Waals surface area (Å²) in [5.41, 5.74) is 4.09. The van der Waals surface area contributed by atoms with Gasteiger partial charge in [-0.15, -0.1) is 12.4 Å². The number of carbonyl (C=O) groups excluding carboxylic acids is 2. The van der Waals surface area contributed by atoms with E-state index in [1.165, 1.54) is 11.0 Å². The molecule has 1 aliphatic carbocycles. The first-order valence-electron chi connectivity index (χ1n) is 9.02. The highest BCUT2D eigenvalue weighted by atomic mass is 35.5. The molecule has 0 saturated heterocycles. The molecule has 0 bridgehead atoms. The lowest BCUT2D eigenvalue weighted by Crippen LogP contribution is -2.76. The molecule has 158 valence electrons. The molecule has 2 unspecified atom stereocenters. The third-order valence-corrected chi connectivity index (χ3v) is 5.44. The first-order chi connectivity index (χ1) is 12.6. The molecule has 0 heterocycles. The molecule has 6 nitrogen and oxygen atoms in total. The van der Waals surface area contributed by atoms with Gasteiger partial charge >= 0.3 is 0 Å². The zero-order chi connectivity index (χ0) is 20.4. The largest absolute Gasteiger partial charge is 0.378 e. The van der Waals surface area contributed by atoms with Crippen molar-refractivity contribution in [3.8, 4) is 0 Å². The van der Waals surface area contributed by atoms with Crippen molar-refractivity contribution in [1.82, 2.24) is 4.90 Å². The number of rotatable bonds is 7. The molecule has 2 rings (SSSR count). The highest BCUT2D eigenvalue weighted by Gasteiger charge is 2.63. The van der Waals surface area contributed by atoms with Crippen LogP contribution in [0.1, 0.15) is 34.1 Å². The zero-order valence-electron chi connectivity index (χ0n) is 16.6. The number of anilines is 1. The maximum Gasteiger partial charge on any atom is 0.244 e. The zero-order valence-corrected chi connectivity index (χ0v) is 17.4. The number of amides is 2. The summed E-state index contributed by atoms with van der Waals surface area (Å²) >= 11 is 0. The number of nitrogens with zero attached hydrogens (tertiary/aromatic N) is 1. The minimum Gasteiger partial charge on any atom is -0.378 e. The third-order valence-electron chi connectivity index (χ3n) is 5.44. The van der Waals surface area contributed by atoms with Crippen molar-refractivity contribution in [3.05, 3.63) is 29.8 Å². The van der Waals surface area contributed by atoms with Crippen LogP contribution in [0.15, 0.2) is 18.2 Å². The highest BCUT2D eigenvalue weighted by molar-refractivity contribution is 5.97. The van der Waals surface area contributed by atoms with Gasteiger partial charge < -0.3 is 20.7 Å². The van der Waals surface area contributed by atoms with Crippen LogP contribution in [0.5, 0.6) is 0 Å². The monoisotopic (exact) mass is 419 g/mol. The fourth-order valence-corrected chi connectivity index (χ4v) is 3.38. The topological polar surface area (TPSA) is 84.7 Å². The standard InChI is InChI=1S/C19H27F2N3O3.ClH/c1-5-24(11-15(25)23-16-12(20)8-7-9-13(16)21)17(26)19(22)10-14(27-6-2)18(19,3)4;/h7-9,14H,5-6,10-11,22H2,1-4H3,(H,23,25);1H. The number of ether oxygens (including phenoxy) is 1. The molecule has 1 fully saturated rings. The Morgan fingerprint density at radius 1 is 1.29 bits per heavy atom. The van der Waals surface area contributed by atoms with Gasteiger partial charge in [-0.1, -0.05) is 19.9 Å². The second-order valence-corrected chi connectivity index (χ2v) is 7.31.